The minimum atomic E-state index is 0.451. The molecule has 0 saturated heterocycles. The van der Waals surface area contributed by atoms with E-state index in [-0.39, 0.29) is 0 Å². The highest BCUT2D eigenvalue weighted by molar-refractivity contribution is 6.08. The highest BCUT2D eigenvalue weighted by Gasteiger charge is 2.35. The molecule has 212 valence electrons. The quantitative estimate of drug-likeness (QED) is 0.220. The smallest absolute Gasteiger partial charge is 0.0595 e. The Morgan fingerprint density at radius 1 is 0.857 bits per heavy atom. The first-order chi connectivity index (χ1) is 20.7. The summed E-state index contributed by atoms with van der Waals surface area (Å²) in [7, 11) is 0. The molecule has 0 saturated carbocycles. The van der Waals surface area contributed by atoms with Crippen molar-refractivity contribution in [1.82, 2.24) is 4.98 Å². The average molecular weight is 551 g/mol. The van der Waals surface area contributed by atoms with E-state index in [2.05, 4.69) is 114 Å². The molecule has 4 aromatic carbocycles. The van der Waals surface area contributed by atoms with Crippen LogP contribution in [0.25, 0.3) is 38.5 Å². The number of para-hydroxylation sites is 2. The number of allylic oxidation sites excluding steroid dienone is 6. The molecule has 2 nitrogen and oxygen atoms in total. The van der Waals surface area contributed by atoms with Gasteiger partial charge in [-0.1, -0.05) is 111 Å². The molecule has 7 rings (SSSR count). The van der Waals surface area contributed by atoms with Crippen LogP contribution in [0.15, 0.2) is 134 Å². The number of aromatic nitrogens is 1. The number of hydrogen-bond donors (Lipinski definition) is 1. The highest BCUT2D eigenvalue weighted by Crippen LogP contribution is 2.49. The van der Waals surface area contributed by atoms with E-state index in [9.17, 15) is 0 Å². The van der Waals surface area contributed by atoms with Crippen LogP contribution < -0.4 is 4.90 Å². The fourth-order valence-electron chi connectivity index (χ4n) is 6.18. The standard InChI is InChI=1S/C30H24N2.C8H12.C2H6/c1-2-8-22(9-3-1)32-29-13-7-5-11-24(29)25-16-14-21(19-30(25)32)20-15-17-28-26(18-20)23-10-4-6-12-27(23)31-28;1-4-6-8(3)7-5-2;1-2/h1-4,6,8-12,14-19,29,31H,5,7,13H2;4-7H,1H2,2-3H3;1-2H3/b;7-5-,8-6-;. The molecule has 1 atom stereocenters. The normalized spacial score (nSPS) is 15.8. The van der Waals surface area contributed by atoms with E-state index < -0.39 is 0 Å². The maximum Gasteiger partial charge on any atom is 0.0595 e. The van der Waals surface area contributed by atoms with Crippen molar-refractivity contribution >= 4 is 38.8 Å². The SMILES string of the molecule is C1=C2c3ccc(-c4ccc5[nH]c6ccccc6c5c4)cc3N(c3ccccc3)C2CCC1.C=C/C=C(C)\C=C/C.CC. The van der Waals surface area contributed by atoms with E-state index in [4.69, 9.17) is 0 Å². The zero-order valence-corrected chi connectivity index (χ0v) is 25.4. The van der Waals surface area contributed by atoms with Gasteiger partial charge >= 0.3 is 0 Å². The second-order valence-corrected chi connectivity index (χ2v) is 10.6. The molecule has 1 N–H and O–H groups in total. The molecular weight excluding hydrogens is 508 g/mol. The summed E-state index contributed by atoms with van der Waals surface area (Å²) >= 11 is 0. The van der Waals surface area contributed by atoms with E-state index >= 15 is 0 Å². The summed E-state index contributed by atoms with van der Waals surface area (Å²) in [6.07, 6.45) is 13.9. The van der Waals surface area contributed by atoms with Crippen LogP contribution in [0.2, 0.25) is 0 Å². The molecule has 1 aliphatic carbocycles. The Kier molecular flexibility index (Phi) is 9.24. The molecule has 0 radical (unpaired) electrons. The number of fused-ring (bicyclic) bond motifs is 6. The van der Waals surface area contributed by atoms with Gasteiger partial charge in [0.15, 0.2) is 0 Å². The van der Waals surface area contributed by atoms with Crippen LogP contribution in [0, 0.1) is 0 Å². The van der Waals surface area contributed by atoms with Crippen LogP contribution in [0.4, 0.5) is 11.4 Å². The van der Waals surface area contributed by atoms with E-state index in [0.717, 1.165) is 0 Å². The highest BCUT2D eigenvalue weighted by atomic mass is 15.2. The van der Waals surface area contributed by atoms with Crippen molar-refractivity contribution in [3.8, 4) is 11.1 Å². The summed E-state index contributed by atoms with van der Waals surface area (Å²) in [5, 5.41) is 2.57. The lowest BCUT2D eigenvalue weighted by Gasteiger charge is -2.30. The number of benzene rings is 4. The molecule has 2 heteroatoms. The van der Waals surface area contributed by atoms with E-state index in [1.165, 1.54) is 80.3 Å². The molecule has 5 aromatic rings. The first-order valence-corrected chi connectivity index (χ1v) is 15.3. The molecule has 0 fully saturated rings. The van der Waals surface area contributed by atoms with Gasteiger partial charge in [0, 0.05) is 38.7 Å². The molecule has 0 bridgehead atoms. The Balaban J connectivity index is 0.000000309. The lowest BCUT2D eigenvalue weighted by Crippen LogP contribution is -2.28. The van der Waals surface area contributed by atoms with Crippen molar-refractivity contribution < 1.29 is 0 Å². The minimum Gasteiger partial charge on any atom is -0.355 e. The first-order valence-electron chi connectivity index (χ1n) is 15.3. The van der Waals surface area contributed by atoms with Crippen LogP contribution in [0.1, 0.15) is 52.5 Å². The number of aromatic amines is 1. The topological polar surface area (TPSA) is 19.0 Å². The molecule has 0 amide bonds. The molecule has 1 unspecified atom stereocenters. The predicted molar refractivity (Wildman–Crippen MR) is 186 cm³/mol. The Hall–Kier alpha value is -4.56. The van der Waals surface area contributed by atoms with Crippen LogP contribution in [-0.4, -0.2) is 11.0 Å². The van der Waals surface area contributed by atoms with E-state index in [1.807, 2.05) is 45.9 Å². The van der Waals surface area contributed by atoms with Crippen LogP contribution in [0.5, 0.6) is 0 Å². The number of hydrogen-bond acceptors (Lipinski definition) is 1. The third-order valence-corrected chi connectivity index (χ3v) is 7.97. The zero-order chi connectivity index (χ0) is 29.5. The van der Waals surface area contributed by atoms with Crippen molar-refractivity contribution in [2.45, 2.75) is 53.0 Å². The predicted octanol–water partition coefficient (Wildman–Crippen LogP) is 11.8. The van der Waals surface area contributed by atoms with Crippen molar-refractivity contribution in [2.24, 2.45) is 0 Å². The summed E-state index contributed by atoms with van der Waals surface area (Å²) in [6, 6.07) is 33.7. The summed E-state index contributed by atoms with van der Waals surface area (Å²) in [5.74, 6) is 0. The summed E-state index contributed by atoms with van der Waals surface area (Å²) < 4.78 is 0. The Labute approximate surface area is 251 Å². The molecule has 1 aliphatic heterocycles. The van der Waals surface area contributed by atoms with E-state index in [0.29, 0.717) is 6.04 Å². The fraction of sp³-hybridized carbons (Fsp3) is 0.200. The van der Waals surface area contributed by atoms with Gasteiger partial charge in [-0.2, -0.15) is 0 Å². The molecule has 1 aromatic heterocycles. The van der Waals surface area contributed by atoms with Gasteiger partial charge in [0.25, 0.3) is 0 Å². The van der Waals surface area contributed by atoms with Crippen molar-refractivity contribution in [3.63, 3.8) is 0 Å². The average Bonchev–Trinajstić information content (AvgIpc) is 3.58. The second kappa shape index (κ2) is 13.4. The van der Waals surface area contributed by atoms with Crippen molar-refractivity contribution in [2.75, 3.05) is 4.90 Å². The maximum atomic E-state index is 3.57. The van der Waals surface area contributed by atoms with Gasteiger partial charge in [-0.3, -0.25) is 0 Å². The number of anilines is 2. The third kappa shape index (κ3) is 5.76. The van der Waals surface area contributed by atoms with Crippen LogP contribution in [-0.2, 0) is 0 Å². The third-order valence-electron chi connectivity index (χ3n) is 7.97. The molecule has 0 spiro atoms. The monoisotopic (exact) mass is 550 g/mol. The van der Waals surface area contributed by atoms with Gasteiger partial charge in [0.1, 0.15) is 0 Å². The summed E-state index contributed by atoms with van der Waals surface area (Å²) in [5.41, 5.74) is 11.7. The Bertz CT molecular complexity index is 1760. The van der Waals surface area contributed by atoms with Gasteiger partial charge in [-0.25, -0.2) is 0 Å². The maximum absolute atomic E-state index is 3.57. The van der Waals surface area contributed by atoms with Crippen LogP contribution >= 0.6 is 0 Å². The minimum absolute atomic E-state index is 0.451. The van der Waals surface area contributed by atoms with Crippen molar-refractivity contribution in [1.29, 1.82) is 0 Å². The Morgan fingerprint density at radius 3 is 2.36 bits per heavy atom. The lowest BCUT2D eigenvalue weighted by atomic mass is 9.91. The van der Waals surface area contributed by atoms with Crippen LogP contribution in [0.3, 0.4) is 0 Å². The first kappa shape index (κ1) is 29.0. The largest absolute Gasteiger partial charge is 0.355 e. The number of nitrogens with one attached hydrogen (secondary N) is 1. The van der Waals surface area contributed by atoms with Gasteiger partial charge < -0.3 is 9.88 Å². The van der Waals surface area contributed by atoms with Crippen molar-refractivity contribution in [3.05, 3.63) is 139 Å². The van der Waals surface area contributed by atoms with Gasteiger partial charge in [0.05, 0.1) is 6.04 Å². The molecular formula is C40H42N2. The second-order valence-electron chi connectivity index (χ2n) is 10.6. The van der Waals surface area contributed by atoms with Gasteiger partial charge in [0.2, 0.25) is 0 Å². The molecule has 2 aliphatic rings. The fourth-order valence-corrected chi connectivity index (χ4v) is 6.18. The summed E-state index contributed by atoms with van der Waals surface area (Å²) in [4.78, 5) is 6.11. The molecule has 2 heterocycles. The van der Waals surface area contributed by atoms with Gasteiger partial charge in [-0.15, -0.1) is 0 Å². The number of nitrogens with zero attached hydrogens (tertiary/aromatic N) is 1. The van der Waals surface area contributed by atoms with E-state index in [1.54, 1.807) is 6.08 Å². The number of rotatable bonds is 4. The Morgan fingerprint density at radius 2 is 1.57 bits per heavy atom. The van der Waals surface area contributed by atoms with Gasteiger partial charge in [-0.05, 0) is 86.2 Å². The zero-order valence-electron chi connectivity index (χ0n) is 25.4. The molecule has 42 heavy (non-hydrogen) atoms. The number of H-pyrrole nitrogens is 1. The summed E-state index contributed by atoms with van der Waals surface area (Å²) in [6.45, 7) is 11.6. The lowest BCUT2D eigenvalue weighted by molar-refractivity contribution is 0.659.